The maximum atomic E-state index is 13.9. The normalized spacial score (nSPS) is 14.0. The molecule has 0 radical (unpaired) electrons. The lowest BCUT2D eigenvalue weighted by Crippen LogP contribution is -2.32. The van der Waals surface area contributed by atoms with Crippen molar-refractivity contribution in [3.63, 3.8) is 0 Å². The van der Waals surface area contributed by atoms with E-state index in [0.717, 1.165) is 30.3 Å². The molecule has 0 atom stereocenters. The SMILES string of the molecule is O=C(CCc1ncc(-c2ccccc2F)o1)Nc1ccc(N2CCSCC2)c(Cl)c1. The van der Waals surface area contributed by atoms with Gasteiger partial charge < -0.3 is 14.6 Å². The first kappa shape index (κ1) is 20.8. The van der Waals surface area contributed by atoms with Crippen LogP contribution in [0, 0.1) is 5.82 Å². The number of benzene rings is 2. The van der Waals surface area contributed by atoms with E-state index in [-0.39, 0.29) is 18.1 Å². The van der Waals surface area contributed by atoms with Crippen LogP contribution in [0.15, 0.2) is 53.1 Å². The van der Waals surface area contributed by atoms with E-state index in [1.807, 2.05) is 23.9 Å². The summed E-state index contributed by atoms with van der Waals surface area (Å²) in [6, 6.07) is 11.9. The third-order valence-electron chi connectivity index (χ3n) is 4.84. The van der Waals surface area contributed by atoms with Crippen LogP contribution in [0.25, 0.3) is 11.3 Å². The molecule has 4 rings (SSSR count). The quantitative estimate of drug-likeness (QED) is 0.561. The standard InChI is InChI=1S/C22H21ClFN3O2S/c23-17-13-15(5-6-19(17)27-9-11-30-12-10-27)26-21(28)7-8-22-25-14-20(29-22)16-3-1-2-4-18(16)24/h1-6,13-14H,7-12H2,(H,26,28). The van der Waals surface area contributed by atoms with Crippen LogP contribution < -0.4 is 10.2 Å². The number of amides is 1. The minimum absolute atomic E-state index is 0.168. The van der Waals surface area contributed by atoms with Crippen molar-refractivity contribution in [1.82, 2.24) is 4.98 Å². The summed E-state index contributed by atoms with van der Waals surface area (Å²) in [6.45, 7) is 1.95. The van der Waals surface area contributed by atoms with Crippen LogP contribution in [0.4, 0.5) is 15.8 Å². The minimum Gasteiger partial charge on any atom is -0.441 e. The van der Waals surface area contributed by atoms with Crippen LogP contribution >= 0.6 is 23.4 Å². The Balaban J connectivity index is 1.33. The first-order valence-electron chi connectivity index (χ1n) is 9.72. The number of oxazole rings is 1. The van der Waals surface area contributed by atoms with Crippen molar-refractivity contribution in [2.45, 2.75) is 12.8 Å². The number of carbonyl (C=O) groups is 1. The number of nitrogens with one attached hydrogen (secondary N) is 1. The molecule has 1 fully saturated rings. The zero-order chi connectivity index (χ0) is 20.9. The summed E-state index contributed by atoms with van der Waals surface area (Å²) in [5.41, 5.74) is 2.00. The zero-order valence-corrected chi connectivity index (χ0v) is 17.8. The molecule has 0 bridgehead atoms. The van der Waals surface area contributed by atoms with Crippen LogP contribution in [-0.2, 0) is 11.2 Å². The van der Waals surface area contributed by atoms with E-state index < -0.39 is 0 Å². The molecule has 0 aliphatic carbocycles. The highest BCUT2D eigenvalue weighted by Crippen LogP contribution is 2.30. The van der Waals surface area contributed by atoms with E-state index in [4.69, 9.17) is 16.0 Å². The van der Waals surface area contributed by atoms with Crippen molar-refractivity contribution in [2.75, 3.05) is 34.8 Å². The number of aromatic nitrogens is 1. The number of anilines is 2. The van der Waals surface area contributed by atoms with Crippen LogP contribution in [0.1, 0.15) is 12.3 Å². The second-order valence-electron chi connectivity index (χ2n) is 6.91. The third kappa shape index (κ3) is 4.96. The zero-order valence-electron chi connectivity index (χ0n) is 16.2. The molecule has 0 saturated carbocycles. The van der Waals surface area contributed by atoms with E-state index in [9.17, 15) is 9.18 Å². The predicted octanol–water partition coefficient (Wildman–Crippen LogP) is 5.26. The molecule has 0 spiro atoms. The Morgan fingerprint density at radius 1 is 1.23 bits per heavy atom. The summed E-state index contributed by atoms with van der Waals surface area (Å²) in [5, 5.41) is 3.48. The highest BCUT2D eigenvalue weighted by molar-refractivity contribution is 7.99. The molecule has 5 nitrogen and oxygen atoms in total. The third-order valence-corrected chi connectivity index (χ3v) is 6.09. The van der Waals surface area contributed by atoms with Gasteiger partial charge in [-0.15, -0.1) is 0 Å². The van der Waals surface area contributed by atoms with Gasteiger partial charge in [-0.2, -0.15) is 11.8 Å². The van der Waals surface area contributed by atoms with Gasteiger partial charge in [-0.1, -0.05) is 23.7 Å². The summed E-state index contributed by atoms with van der Waals surface area (Å²) >= 11 is 8.38. The van der Waals surface area contributed by atoms with Gasteiger partial charge >= 0.3 is 0 Å². The first-order valence-corrected chi connectivity index (χ1v) is 11.2. The number of aryl methyl sites for hydroxylation is 1. The Labute approximate surface area is 183 Å². The molecule has 3 aromatic rings. The van der Waals surface area contributed by atoms with Gasteiger partial charge in [0.25, 0.3) is 0 Å². The summed E-state index contributed by atoms with van der Waals surface area (Å²) in [5.74, 6) is 2.38. The lowest BCUT2D eigenvalue weighted by molar-refractivity contribution is -0.116. The van der Waals surface area contributed by atoms with Gasteiger partial charge in [-0.25, -0.2) is 9.37 Å². The van der Waals surface area contributed by atoms with E-state index in [0.29, 0.717) is 34.3 Å². The van der Waals surface area contributed by atoms with Gasteiger partial charge in [0, 0.05) is 43.1 Å². The van der Waals surface area contributed by atoms with Gasteiger partial charge in [0.2, 0.25) is 5.91 Å². The highest BCUT2D eigenvalue weighted by Gasteiger charge is 2.15. The van der Waals surface area contributed by atoms with Crippen LogP contribution in [0.3, 0.4) is 0 Å². The molecule has 1 aliphatic rings. The highest BCUT2D eigenvalue weighted by atomic mass is 35.5. The Kier molecular flexibility index (Phi) is 6.59. The van der Waals surface area contributed by atoms with Gasteiger partial charge in [-0.3, -0.25) is 4.79 Å². The minimum atomic E-state index is -0.374. The molecule has 156 valence electrons. The molecular formula is C22H21ClFN3O2S. The molecule has 1 N–H and O–H groups in total. The molecule has 0 unspecified atom stereocenters. The topological polar surface area (TPSA) is 58.4 Å². The first-order chi connectivity index (χ1) is 14.6. The molecule has 8 heteroatoms. The van der Waals surface area contributed by atoms with Gasteiger partial charge in [0.1, 0.15) is 5.82 Å². The number of hydrogen-bond donors (Lipinski definition) is 1. The maximum absolute atomic E-state index is 13.9. The lowest BCUT2D eigenvalue weighted by Gasteiger charge is -2.29. The second-order valence-corrected chi connectivity index (χ2v) is 8.54. The summed E-state index contributed by atoms with van der Waals surface area (Å²) in [4.78, 5) is 18.7. The van der Waals surface area contributed by atoms with Crippen LogP contribution in [-0.4, -0.2) is 35.5 Å². The molecule has 2 aromatic carbocycles. The Morgan fingerprint density at radius 2 is 2.03 bits per heavy atom. The number of rotatable bonds is 6. The van der Waals surface area contributed by atoms with E-state index in [1.165, 1.54) is 12.3 Å². The van der Waals surface area contributed by atoms with Crippen molar-refractivity contribution in [1.29, 1.82) is 0 Å². The second kappa shape index (κ2) is 9.53. The van der Waals surface area contributed by atoms with E-state index in [1.54, 1.807) is 24.3 Å². The average Bonchev–Trinajstić information content (AvgIpc) is 3.22. The van der Waals surface area contributed by atoms with Crippen molar-refractivity contribution >= 4 is 40.6 Å². The molecule has 1 saturated heterocycles. The molecule has 1 amide bonds. The fourth-order valence-corrected chi connectivity index (χ4v) is 4.50. The monoisotopic (exact) mass is 445 g/mol. The molecule has 2 heterocycles. The Morgan fingerprint density at radius 3 is 2.80 bits per heavy atom. The lowest BCUT2D eigenvalue weighted by atomic mass is 10.2. The number of halogens is 2. The fraction of sp³-hybridized carbons (Fsp3) is 0.273. The summed E-state index contributed by atoms with van der Waals surface area (Å²) in [7, 11) is 0. The Bertz CT molecular complexity index is 1040. The molecular weight excluding hydrogens is 425 g/mol. The van der Waals surface area contributed by atoms with Crippen LogP contribution in [0.5, 0.6) is 0 Å². The smallest absolute Gasteiger partial charge is 0.224 e. The largest absolute Gasteiger partial charge is 0.441 e. The molecule has 1 aromatic heterocycles. The number of thioether (sulfide) groups is 1. The van der Waals surface area contributed by atoms with Gasteiger partial charge in [0.15, 0.2) is 11.7 Å². The van der Waals surface area contributed by atoms with Crippen molar-refractivity contribution in [2.24, 2.45) is 0 Å². The molecule has 1 aliphatic heterocycles. The number of nitrogens with zero attached hydrogens (tertiary/aromatic N) is 2. The van der Waals surface area contributed by atoms with E-state index >= 15 is 0 Å². The summed E-state index contributed by atoms with van der Waals surface area (Å²) < 4.78 is 19.4. The molecule has 30 heavy (non-hydrogen) atoms. The van der Waals surface area contributed by atoms with Crippen molar-refractivity contribution < 1.29 is 13.6 Å². The predicted molar refractivity (Wildman–Crippen MR) is 120 cm³/mol. The average molecular weight is 446 g/mol. The Hall–Kier alpha value is -2.51. The summed E-state index contributed by atoms with van der Waals surface area (Å²) in [6.07, 6.45) is 1.99. The van der Waals surface area contributed by atoms with Gasteiger partial charge in [0.05, 0.1) is 22.5 Å². The van der Waals surface area contributed by atoms with Crippen molar-refractivity contribution in [3.8, 4) is 11.3 Å². The van der Waals surface area contributed by atoms with Gasteiger partial charge in [-0.05, 0) is 30.3 Å². The fourth-order valence-electron chi connectivity index (χ4n) is 3.30. The van der Waals surface area contributed by atoms with Crippen LogP contribution in [0.2, 0.25) is 5.02 Å². The maximum Gasteiger partial charge on any atom is 0.224 e. The number of hydrogen-bond acceptors (Lipinski definition) is 5. The van der Waals surface area contributed by atoms with E-state index in [2.05, 4.69) is 15.2 Å². The number of carbonyl (C=O) groups excluding carboxylic acids is 1. The van der Waals surface area contributed by atoms with Crippen molar-refractivity contribution in [3.05, 3.63) is 65.4 Å².